The van der Waals surface area contributed by atoms with Crippen LogP contribution in [0, 0.1) is 0 Å². The van der Waals surface area contributed by atoms with Crippen molar-refractivity contribution >= 4 is 6.08 Å². The lowest BCUT2D eigenvalue weighted by atomic mass is 10.2. The zero-order valence-electron chi connectivity index (χ0n) is 8.30. The standard InChI is InChI=1S/C11H16NO2/c1-2-12(13,14)10-6-9-11-7-4-3-5-8-11/h3-9,13-14H,2,10H2,1H3/q+1. The van der Waals surface area contributed by atoms with Crippen molar-refractivity contribution in [2.45, 2.75) is 6.92 Å². The summed E-state index contributed by atoms with van der Waals surface area (Å²) in [6.45, 7) is 2.20. The number of hydroxylamine groups is 4. The first-order valence-electron chi connectivity index (χ1n) is 4.68. The third-order valence-electron chi connectivity index (χ3n) is 2.01. The van der Waals surface area contributed by atoms with E-state index in [1.807, 2.05) is 36.4 Å². The van der Waals surface area contributed by atoms with Gasteiger partial charge < -0.3 is 0 Å². The molecule has 0 unspecified atom stereocenters. The summed E-state index contributed by atoms with van der Waals surface area (Å²) >= 11 is 0. The first-order valence-corrected chi connectivity index (χ1v) is 4.68. The van der Waals surface area contributed by atoms with Crippen LogP contribution in [-0.2, 0) is 0 Å². The minimum atomic E-state index is -0.955. The van der Waals surface area contributed by atoms with Crippen LogP contribution in [0.15, 0.2) is 36.4 Å². The molecule has 1 aromatic carbocycles. The molecule has 0 aliphatic rings. The number of nitrogens with zero attached hydrogens (tertiary/aromatic N) is 1. The second kappa shape index (κ2) is 4.91. The Balaban J connectivity index is 2.50. The third-order valence-corrected chi connectivity index (χ3v) is 2.01. The zero-order valence-corrected chi connectivity index (χ0v) is 8.30. The Kier molecular flexibility index (Phi) is 3.83. The van der Waals surface area contributed by atoms with Crippen LogP contribution in [0.4, 0.5) is 0 Å². The predicted molar refractivity (Wildman–Crippen MR) is 54.7 cm³/mol. The first-order chi connectivity index (χ1) is 6.64. The maximum Gasteiger partial charge on any atom is 0.160 e. The lowest BCUT2D eigenvalue weighted by molar-refractivity contribution is -1.24. The molecule has 1 rings (SSSR count). The van der Waals surface area contributed by atoms with Gasteiger partial charge >= 0.3 is 0 Å². The molecule has 0 aromatic heterocycles. The highest BCUT2D eigenvalue weighted by molar-refractivity contribution is 5.48. The Morgan fingerprint density at radius 2 is 1.86 bits per heavy atom. The molecule has 3 heteroatoms. The average Bonchev–Trinajstić information content (AvgIpc) is 2.19. The lowest BCUT2D eigenvalue weighted by Crippen LogP contribution is -2.40. The largest absolute Gasteiger partial charge is 0.182 e. The van der Waals surface area contributed by atoms with Crippen molar-refractivity contribution < 1.29 is 15.2 Å². The van der Waals surface area contributed by atoms with Crippen LogP contribution < -0.4 is 0 Å². The van der Waals surface area contributed by atoms with E-state index in [2.05, 4.69) is 0 Å². The zero-order chi connectivity index (χ0) is 10.4. The highest BCUT2D eigenvalue weighted by Crippen LogP contribution is 2.02. The number of likely N-dealkylation sites (N-methyl/N-ethyl adjacent to an activating group) is 1. The summed E-state index contributed by atoms with van der Waals surface area (Å²) in [4.78, 5) is -0.955. The number of rotatable bonds is 4. The molecule has 0 aliphatic heterocycles. The Labute approximate surface area is 84.0 Å². The van der Waals surface area contributed by atoms with Crippen LogP contribution in [-0.4, -0.2) is 28.3 Å². The van der Waals surface area contributed by atoms with E-state index in [4.69, 9.17) is 0 Å². The molecule has 0 aliphatic carbocycles. The summed E-state index contributed by atoms with van der Waals surface area (Å²) < 4.78 is 0. The molecule has 0 radical (unpaired) electrons. The molecule has 0 saturated heterocycles. The third kappa shape index (κ3) is 3.70. The molecule has 0 amide bonds. The van der Waals surface area contributed by atoms with Crippen LogP contribution in [0.2, 0.25) is 0 Å². The van der Waals surface area contributed by atoms with Crippen LogP contribution in [0.3, 0.4) is 0 Å². The fraction of sp³-hybridized carbons (Fsp3) is 0.273. The van der Waals surface area contributed by atoms with Crippen molar-refractivity contribution in [3.63, 3.8) is 0 Å². The highest BCUT2D eigenvalue weighted by atomic mass is 16.8. The van der Waals surface area contributed by atoms with Gasteiger partial charge in [-0.05, 0) is 23.4 Å². The smallest absolute Gasteiger partial charge is 0.160 e. The molecule has 0 spiro atoms. The van der Waals surface area contributed by atoms with E-state index in [1.54, 1.807) is 13.0 Å². The summed E-state index contributed by atoms with van der Waals surface area (Å²) in [6, 6.07) is 9.76. The van der Waals surface area contributed by atoms with Gasteiger partial charge in [-0.3, -0.25) is 0 Å². The van der Waals surface area contributed by atoms with E-state index in [0.717, 1.165) is 5.56 Å². The van der Waals surface area contributed by atoms with Crippen molar-refractivity contribution in [2.75, 3.05) is 13.1 Å². The molecule has 1 aromatic rings. The Morgan fingerprint density at radius 1 is 1.21 bits per heavy atom. The van der Waals surface area contributed by atoms with E-state index in [9.17, 15) is 10.4 Å². The van der Waals surface area contributed by atoms with Crippen molar-refractivity contribution in [2.24, 2.45) is 0 Å². The topological polar surface area (TPSA) is 40.5 Å². The average molecular weight is 194 g/mol. The van der Waals surface area contributed by atoms with Crippen LogP contribution >= 0.6 is 0 Å². The molecule has 0 saturated carbocycles. The number of hydrogen-bond donors (Lipinski definition) is 2. The number of hydrogen-bond acceptors (Lipinski definition) is 2. The Bertz CT molecular complexity index is 293. The SMILES string of the molecule is CC[N+](O)(O)CC=Cc1ccccc1. The summed E-state index contributed by atoms with van der Waals surface area (Å²) in [5.41, 5.74) is 1.06. The van der Waals surface area contributed by atoms with Gasteiger partial charge in [-0.25, -0.2) is 0 Å². The van der Waals surface area contributed by atoms with Gasteiger partial charge in [0.2, 0.25) is 0 Å². The van der Waals surface area contributed by atoms with Gasteiger partial charge in [-0.15, -0.1) is 0 Å². The van der Waals surface area contributed by atoms with Crippen molar-refractivity contribution in [1.82, 2.24) is 0 Å². The van der Waals surface area contributed by atoms with Gasteiger partial charge in [0, 0.05) is 0 Å². The van der Waals surface area contributed by atoms with E-state index in [-0.39, 0.29) is 13.1 Å². The maximum atomic E-state index is 9.24. The fourth-order valence-electron chi connectivity index (χ4n) is 1.05. The Morgan fingerprint density at radius 3 is 2.43 bits per heavy atom. The molecule has 2 N–H and O–H groups in total. The normalized spacial score (nSPS) is 12.2. The summed E-state index contributed by atoms with van der Waals surface area (Å²) in [6.07, 6.45) is 3.62. The monoisotopic (exact) mass is 194 g/mol. The summed E-state index contributed by atoms with van der Waals surface area (Å²) in [7, 11) is 0. The maximum absolute atomic E-state index is 9.24. The summed E-state index contributed by atoms with van der Waals surface area (Å²) in [5.74, 6) is 0. The second-order valence-electron chi connectivity index (χ2n) is 3.19. The molecule has 0 heterocycles. The van der Waals surface area contributed by atoms with Crippen LogP contribution in [0.1, 0.15) is 12.5 Å². The molecule has 0 bridgehead atoms. The fourth-order valence-corrected chi connectivity index (χ4v) is 1.05. The molecule has 3 nitrogen and oxygen atoms in total. The molecule has 0 atom stereocenters. The quantitative estimate of drug-likeness (QED) is 0.570. The predicted octanol–water partition coefficient (Wildman–Crippen LogP) is 2.31. The highest BCUT2D eigenvalue weighted by Gasteiger charge is 2.15. The van der Waals surface area contributed by atoms with Crippen LogP contribution in [0.25, 0.3) is 6.08 Å². The molecule has 0 fully saturated rings. The molecular weight excluding hydrogens is 178 g/mol. The summed E-state index contributed by atoms with van der Waals surface area (Å²) in [5, 5.41) is 18.5. The molecular formula is C11H16NO2+. The van der Waals surface area contributed by atoms with Gasteiger partial charge in [-0.1, -0.05) is 36.4 Å². The Hall–Kier alpha value is -1.16. The van der Waals surface area contributed by atoms with Gasteiger partial charge in [0.25, 0.3) is 0 Å². The van der Waals surface area contributed by atoms with Gasteiger partial charge in [0.05, 0.1) is 0 Å². The van der Waals surface area contributed by atoms with Crippen molar-refractivity contribution in [3.8, 4) is 0 Å². The van der Waals surface area contributed by atoms with Gasteiger partial charge in [0.1, 0.15) is 6.54 Å². The van der Waals surface area contributed by atoms with E-state index in [0.29, 0.717) is 0 Å². The minimum absolute atomic E-state index is 0.200. The van der Waals surface area contributed by atoms with Gasteiger partial charge in [0.15, 0.2) is 6.54 Å². The van der Waals surface area contributed by atoms with Crippen molar-refractivity contribution in [3.05, 3.63) is 42.0 Å². The van der Waals surface area contributed by atoms with E-state index in [1.165, 1.54) is 0 Å². The lowest BCUT2D eigenvalue weighted by Gasteiger charge is -2.16. The first kappa shape index (κ1) is 10.9. The van der Waals surface area contributed by atoms with Gasteiger partial charge in [-0.2, -0.15) is 10.4 Å². The van der Waals surface area contributed by atoms with Crippen LogP contribution in [0.5, 0.6) is 0 Å². The second-order valence-corrected chi connectivity index (χ2v) is 3.19. The molecule has 76 valence electrons. The molecule has 14 heavy (non-hydrogen) atoms. The number of benzene rings is 1. The number of quaternary nitrogens is 1. The minimum Gasteiger partial charge on any atom is -0.182 e. The van der Waals surface area contributed by atoms with Crippen molar-refractivity contribution in [1.29, 1.82) is 0 Å². The van der Waals surface area contributed by atoms with E-state index >= 15 is 0 Å². The van der Waals surface area contributed by atoms with E-state index < -0.39 is 4.81 Å².